The summed E-state index contributed by atoms with van der Waals surface area (Å²) in [6.07, 6.45) is 11.3. The van der Waals surface area contributed by atoms with Crippen LogP contribution in [0, 0.1) is 0 Å². The normalized spacial score (nSPS) is 15.9. The van der Waals surface area contributed by atoms with Gasteiger partial charge in [0.05, 0.1) is 28.4 Å². The summed E-state index contributed by atoms with van der Waals surface area (Å²) in [5, 5.41) is 2.65. The lowest BCUT2D eigenvalue weighted by atomic mass is 9.75. The molecule has 4 heteroatoms. The van der Waals surface area contributed by atoms with Gasteiger partial charge in [-0.05, 0) is 142 Å². The first-order valence-corrected chi connectivity index (χ1v) is 23.0. The molecule has 5 aliphatic rings. The predicted octanol–water partition coefficient (Wildman–Crippen LogP) is 14.1. The molecule has 13 rings (SSSR count). The minimum absolute atomic E-state index is 0.133. The maximum atomic E-state index is 2.53. The third kappa shape index (κ3) is 5.45. The highest BCUT2D eigenvalue weighted by molar-refractivity contribution is 8.00. The molecule has 0 unspecified atom stereocenters. The molecule has 3 aliphatic carbocycles. The maximum Gasteiger partial charge on any atom is 0.0601 e. The van der Waals surface area contributed by atoms with E-state index >= 15 is 0 Å². The van der Waals surface area contributed by atoms with Crippen molar-refractivity contribution < 1.29 is 0 Å². The number of nitrogens with zero attached hydrogens (tertiary/aromatic N) is 2. The fourth-order valence-electron chi connectivity index (χ4n) is 10.8. The van der Waals surface area contributed by atoms with Crippen molar-refractivity contribution in [1.82, 2.24) is 0 Å². The van der Waals surface area contributed by atoms with Crippen molar-refractivity contribution in [3.63, 3.8) is 0 Å². The van der Waals surface area contributed by atoms with E-state index in [0.29, 0.717) is 0 Å². The average Bonchev–Trinajstić information content (AvgIpc) is 3.83. The quantitative estimate of drug-likeness (QED) is 0.174. The summed E-state index contributed by atoms with van der Waals surface area (Å²) in [7, 11) is 0. The van der Waals surface area contributed by atoms with E-state index in [0.717, 1.165) is 25.7 Å². The van der Waals surface area contributed by atoms with Gasteiger partial charge in [-0.25, -0.2) is 0 Å². The third-order valence-electron chi connectivity index (χ3n) is 13.5. The second kappa shape index (κ2) is 13.8. The minimum Gasteiger partial charge on any atom is -0.308 e. The Morgan fingerprint density at radius 2 is 0.984 bits per heavy atom. The number of hydrogen-bond donors (Lipinski definition) is 0. The van der Waals surface area contributed by atoms with Gasteiger partial charge in [-0.1, -0.05) is 151 Å². The van der Waals surface area contributed by atoms with Crippen LogP contribution < -0.4 is 20.2 Å². The van der Waals surface area contributed by atoms with Crippen LogP contribution in [0.15, 0.2) is 202 Å². The average molecular weight is 817 g/mol. The van der Waals surface area contributed by atoms with Crippen LogP contribution in [0.3, 0.4) is 0 Å². The summed E-state index contributed by atoms with van der Waals surface area (Å²) in [6.45, 7) is 0. The van der Waals surface area contributed by atoms with Crippen LogP contribution in [0.5, 0.6) is 0 Å². The molecule has 2 heterocycles. The van der Waals surface area contributed by atoms with Gasteiger partial charge < -0.3 is 9.80 Å². The van der Waals surface area contributed by atoms with E-state index in [4.69, 9.17) is 0 Å². The van der Waals surface area contributed by atoms with Crippen LogP contribution in [0.4, 0.5) is 34.1 Å². The van der Waals surface area contributed by atoms with Crippen molar-refractivity contribution >= 4 is 75.4 Å². The highest BCUT2D eigenvalue weighted by Crippen LogP contribution is 2.58. The maximum absolute atomic E-state index is 2.53. The highest BCUT2D eigenvalue weighted by Gasteiger charge is 2.47. The van der Waals surface area contributed by atoms with Gasteiger partial charge >= 0.3 is 0 Å². The lowest BCUT2D eigenvalue weighted by Crippen LogP contribution is -2.34. The van der Waals surface area contributed by atoms with Gasteiger partial charge in [-0.3, -0.25) is 0 Å². The monoisotopic (exact) mass is 816 g/mol. The van der Waals surface area contributed by atoms with Gasteiger partial charge in [0, 0.05) is 35.9 Å². The summed E-state index contributed by atoms with van der Waals surface area (Å²) >= 11 is 3.73. The topological polar surface area (TPSA) is 6.48 Å². The smallest absolute Gasteiger partial charge is 0.0601 e. The molecule has 2 nitrogen and oxygen atoms in total. The number of allylic oxidation sites excluding steroid dienone is 1. The number of fused-ring (bicyclic) bond motifs is 11. The summed E-state index contributed by atoms with van der Waals surface area (Å²) in [4.78, 5) is 10.1. The fraction of sp³-hybridized carbons (Fsp3) is 0.0877. The molecule has 1 spiro atoms. The number of para-hydroxylation sites is 4. The Kier molecular flexibility index (Phi) is 7.98. The Labute approximate surface area is 365 Å². The number of hydrogen-bond acceptors (Lipinski definition) is 4. The SMILES string of the molecule is C(=Cc1ccc2c(c1)C1(Cc3ccccc3C1)c1cc(N3c4ccccc4Sc4ccccc43)ccc1-2)C1=c2cccc(N3c4ccccc4Sc4ccccc43)c2=CCC1. The molecule has 0 saturated heterocycles. The molecule has 0 N–H and O–H groups in total. The second-order valence-corrected chi connectivity index (χ2v) is 19.0. The summed E-state index contributed by atoms with van der Waals surface area (Å²) < 4.78 is 0. The van der Waals surface area contributed by atoms with Gasteiger partial charge in [-0.15, -0.1) is 0 Å². The standard InChI is InChI=1S/C57H40N2S2/c1-2-14-40-36-57(35-39(40)13-1)46-33-37(28-31-43(46)44-32-30-41(34-47(44)57)58-49-18-3-7-23-53(49)60-54-24-8-4-19-50(54)58)27-29-38-15-11-17-45-42(38)16-12-22-48(45)59-51-20-5-9-25-55(51)61-56-26-10-6-21-52(56)59/h1-10,12-14,16-34H,11,15,35-36H2. The van der Waals surface area contributed by atoms with Crippen molar-refractivity contribution in [2.24, 2.45) is 0 Å². The first-order chi connectivity index (χ1) is 30.2. The van der Waals surface area contributed by atoms with Crippen LogP contribution in [-0.4, -0.2) is 0 Å². The van der Waals surface area contributed by atoms with Crippen molar-refractivity contribution in [3.8, 4) is 11.1 Å². The molecule has 0 aromatic heterocycles. The zero-order valence-corrected chi connectivity index (χ0v) is 35.1. The molecule has 0 amide bonds. The van der Waals surface area contributed by atoms with Crippen LogP contribution in [0.2, 0.25) is 0 Å². The molecular formula is C57H40N2S2. The van der Waals surface area contributed by atoms with Gasteiger partial charge in [0.15, 0.2) is 0 Å². The van der Waals surface area contributed by atoms with Gasteiger partial charge in [0.2, 0.25) is 0 Å². The Morgan fingerprint density at radius 3 is 1.61 bits per heavy atom. The van der Waals surface area contributed by atoms with E-state index in [9.17, 15) is 0 Å². The molecule has 0 bridgehead atoms. The van der Waals surface area contributed by atoms with Crippen LogP contribution in [-0.2, 0) is 18.3 Å². The predicted molar refractivity (Wildman–Crippen MR) is 256 cm³/mol. The second-order valence-electron chi connectivity index (χ2n) is 16.8. The Bertz CT molecular complexity index is 3190. The molecule has 2 aliphatic heterocycles. The van der Waals surface area contributed by atoms with E-state index in [1.807, 2.05) is 23.5 Å². The summed E-state index contributed by atoms with van der Waals surface area (Å²) in [6, 6.07) is 65.9. The molecule has 0 atom stereocenters. The van der Waals surface area contributed by atoms with Crippen molar-refractivity contribution in [3.05, 3.63) is 220 Å². The van der Waals surface area contributed by atoms with E-state index in [1.165, 1.54) is 109 Å². The Morgan fingerprint density at radius 1 is 0.459 bits per heavy atom. The molecular weight excluding hydrogens is 777 g/mol. The van der Waals surface area contributed by atoms with Gasteiger partial charge in [-0.2, -0.15) is 0 Å². The van der Waals surface area contributed by atoms with Gasteiger partial charge in [0.1, 0.15) is 0 Å². The van der Waals surface area contributed by atoms with Gasteiger partial charge in [0.25, 0.3) is 0 Å². The lowest BCUT2D eigenvalue weighted by Gasteiger charge is -2.34. The Balaban J connectivity index is 0.916. The van der Waals surface area contributed by atoms with Crippen molar-refractivity contribution in [2.45, 2.75) is 50.7 Å². The van der Waals surface area contributed by atoms with Crippen molar-refractivity contribution in [1.29, 1.82) is 0 Å². The van der Waals surface area contributed by atoms with E-state index < -0.39 is 0 Å². The Hall–Kier alpha value is -6.46. The van der Waals surface area contributed by atoms with Crippen LogP contribution >= 0.6 is 23.5 Å². The molecule has 0 fully saturated rings. The first kappa shape index (κ1) is 35.3. The summed E-state index contributed by atoms with van der Waals surface area (Å²) in [5.41, 5.74) is 18.5. The molecule has 0 saturated carbocycles. The first-order valence-electron chi connectivity index (χ1n) is 21.4. The molecule has 0 radical (unpaired) electrons. The lowest BCUT2D eigenvalue weighted by molar-refractivity contribution is 0.563. The summed E-state index contributed by atoms with van der Waals surface area (Å²) in [5.74, 6) is 0. The van der Waals surface area contributed by atoms with E-state index in [1.54, 1.807) is 0 Å². The van der Waals surface area contributed by atoms with Crippen LogP contribution in [0.25, 0.3) is 28.9 Å². The van der Waals surface area contributed by atoms with Crippen LogP contribution in [0.1, 0.15) is 40.7 Å². The molecule has 290 valence electrons. The number of benzene rings is 8. The largest absolute Gasteiger partial charge is 0.308 e. The fourth-order valence-corrected chi connectivity index (χ4v) is 12.9. The molecule has 8 aromatic rings. The van der Waals surface area contributed by atoms with Crippen molar-refractivity contribution in [2.75, 3.05) is 9.80 Å². The number of rotatable bonds is 4. The third-order valence-corrected chi connectivity index (χ3v) is 15.8. The zero-order valence-electron chi connectivity index (χ0n) is 33.5. The molecule has 61 heavy (non-hydrogen) atoms. The zero-order chi connectivity index (χ0) is 40.1. The number of anilines is 6. The van der Waals surface area contributed by atoms with E-state index in [-0.39, 0.29) is 5.41 Å². The minimum atomic E-state index is -0.133. The van der Waals surface area contributed by atoms with E-state index in [2.05, 4.69) is 204 Å². The highest BCUT2D eigenvalue weighted by atomic mass is 32.2. The molecule has 8 aromatic carbocycles.